The Morgan fingerprint density at radius 3 is 2.42 bits per heavy atom. The van der Waals surface area contributed by atoms with E-state index in [9.17, 15) is 24.6 Å². The molecule has 2 aromatic carbocycles. The van der Waals surface area contributed by atoms with E-state index < -0.39 is 12.0 Å². The van der Waals surface area contributed by atoms with Gasteiger partial charge in [-0.1, -0.05) is 38.3 Å². The standard InChI is InChI=1S/C37H54N4O7/c1-25-21-41(26(2)24-42)35(43)32-20-31(39-37(46)38-30-11-6-5-7-12-30)17-18-33(32)48-27(3)10-8-9-19-47-34(25)23-40(4)22-28-13-15-29(16-14-28)36(44)45/h13-18,20,25-27,30,34,42H,5-12,19,21-24H2,1-4H3,(H,44,45)(H2,38,39,46)/t25-,26-,27+,34-/m0/s1. The minimum absolute atomic E-state index is 0.0893. The Bertz CT molecular complexity index is 1350. The minimum atomic E-state index is -0.954. The number of benzene rings is 2. The smallest absolute Gasteiger partial charge is 0.335 e. The average Bonchev–Trinajstić information content (AvgIpc) is 3.06. The van der Waals surface area contributed by atoms with Crippen LogP contribution >= 0.6 is 0 Å². The predicted molar refractivity (Wildman–Crippen MR) is 186 cm³/mol. The van der Waals surface area contributed by atoms with Gasteiger partial charge in [-0.3, -0.25) is 9.69 Å². The van der Waals surface area contributed by atoms with Gasteiger partial charge >= 0.3 is 12.0 Å². The average molecular weight is 667 g/mol. The van der Waals surface area contributed by atoms with E-state index in [2.05, 4.69) is 22.5 Å². The van der Waals surface area contributed by atoms with Gasteiger partial charge in [0.15, 0.2) is 0 Å². The van der Waals surface area contributed by atoms with E-state index in [-0.39, 0.29) is 48.3 Å². The van der Waals surface area contributed by atoms with Gasteiger partial charge < -0.3 is 35.2 Å². The molecule has 0 saturated heterocycles. The second-order valence-corrected chi connectivity index (χ2v) is 13.6. The van der Waals surface area contributed by atoms with Crippen LogP contribution in [0.1, 0.15) is 98.4 Å². The maximum absolute atomic E-state index is 14.4. The molecule has 0 spiro atoms. The first kappa shape index (κ1) is 37.2. The molecule has 2 aliphatic rings. The molecule has 1 heterocycles. The molecule has 1 aliphatic heterocycles. The molecule has 0 bridgehead atoms. The van der Waals surface area contributed by atoms with Gasteiger partial charge in [0.1, 0.15) is 5.75 Å². The Morgan fingerprint density at radius 2 is 1.73 bits per heavy atom. The summed E-state index contributed by atoms with van der Waals surface area (Å²) in [6.45, 7) is 7.75. The van der Waals surface area contributed by atoms with Crippen molar-refractivity contribution < 1.29 is 34.1 Å². The molecule has 1 aliphatic carbocycles. The van der Waals surface area contributed by atoms with Crippen molar-refractivity contribution in [2.24, 2.45) is 5.92 Å². The number of carboxylic acids is 1. The second kappa shape index (κ2) is 18.2. The number of carboxylic acid groups (broad SMARTS) is 1. The summed E-state index contributed by atoms with van der Waals surface area (Å²) >= 11 is 0. The number of aliphatic hydroxyl groups is 1. The molecule has 11 nitrogen and oxygen atoms in total. The summed E-state index contributed by atoms with van der Waals surface area (Å²) in [4.78, 5) is 42.3. The Morgan fingerprint density at radius 1 is 1.02 bits per heavy atom. The van der Waals surface area contributed by atoms with Crippen molar-refractivity contribution in [3.8, 4) is 5.75 Å². The highest BCUT2D eigenvalue weighted by Gasteiger charge is 2.30. The van der Waals surface area contributed by atoms with Crippen molar-refractivity contribution in [1.82, 2.24) is 15.1 Å². The summed E-state index contributed by atoms with van der Waals surface area (Å²) < 4.78 is 12.8. The first-order chi connectivity index (χ1) is 23.0. The van der Waals surface area contributed by atoms with Crippen molar-refractivity contribution in [2.75, 3.05) is 38.7 Å². The molecule has 2 aromatic rings. The minimum Gasteiger partial charge on any atom is -0.490 e. The predicted octanol–water partition coefficient (Wildman–Crippen LogP) is 5.77. The Labute approximate surface area is 285 Å². The van der Waals surface area contributed by atoms with E-state index >= 15 is 0 Å². The highest BCUT2D eigenvalue weighted by atomic mass is 16.5. The molecular formula is C37H54N4O7. The lowest BCUT2D eigenvalue weighted by molar-refractivity contribution is -0.0177. The SMILES string of the molecule is C[C@@H]1CCCCO[C@@H](CN(C)Cc2ccc(C(=O)O)cc2)[C@@H](C)CN([C@@H](C)CO)C(=O)c2cc(NC(=O)NC3CCCCC3)ccc2O1. The number of likely N-dealkylation sites (N-methyl/N-ethyl adjacent to an activating group) is 1. The number of urea groups is 1. The maximum atomic E-state index is 14.4. The molecule has 3 amide bonds. The maximum Gasteiger partial charge on any atom is 0.335 e. The topological polar surface area (TPSA) is 141 Å². The third-order valence-corrected chi connectivity index (χ3v) is 9.39. The number of ether oxygens (including phenoxy) is 2. The van der Waals surface area contributed by atoms with Gasteiger partial charge in [0.05, 0.1) is 36.0 Å². The third-order valence-electron chi connectivity index (χ3n) is 9.39. The van der Waals surface area contributed by atoms with E-state index in [1.165, 1.54) is 6.42 Å². The van der Waals surface area contributed by atoms with Crippen LogP contribution in [0.3, 0.4) is 0 Å². The molecule has 0 unspecified atom stereocenters. The van der Waals surface area contributed by atoms with Gasteiger partial charge in [0.2, 0.25) is 0 Å². The van der Waals surface area contributed by atoms with Crippen molar-refractivity contribution in [3.05, 3.63) is 59.2 Å². The quantitative estimate of drug-likeness (QED) is 0.265. The molecule has 0 aromatic heterocycles. The summed E-state index contributed by atoms with van der Waals surface area (Å²) in [6.07, 6.45) is 7.52. The van der Waals surface area contributed by atoms with E-state index in [0.29, 0.717) is 43.2 Å². The molecule has 0 radical (unpaired) electrons. The lowest BCUT2D eigenvalue weighted by atomic mass is 9.96. The second-order valence-electron chi connectivity index (χ2n) is 13.6. The zero-order valence-corrected chi connectivity index (χ0v) is 29.0. The van der Waals surface area contributed by atoms with Crippen molar-refractivity contribution in [3.63, 3.8) is 0 Å². The van der Waals surface area contributed by atoms with Crippen LogP contribution in [0, 0.1) is 5.92 Å². The molecule has 1 saturated carbocycles. The number of hydrogen-bond acceptors (Lipinski definition) is 7. The number of fused-ring (bicyclic) bond motifs is 1. The van der Waals surface area contributed by atoms with E-state index in [1.807, 2.05) is 33.0 Å². The first-order valence-electron chi connectivity index (χ1n) is 17.5. The van der Waals surface area contributed by atoms with Crippen LogP contribution in [0.25, 0.3) is 0 Å². The van der Waals surface area contributed by atoms with Crippen LogP contribution in [-0.4, -0.2) is 95.6 Å². The number of rotatable bonds is 9. The summed E-state index contributed by atoms with van der Waals surface area (Å²) in [5.41, 5.74) is 2.07. The largest absolute Gasteiger partial charge is 0.490 e. The van der Waals surface area contributed by atoms with Gasteiger partial charge in [-0.05, 0) is 88.9 Å². The van der Waals surface area contributed by atoms with Gasteiger partial charge in [-0.25, -0.2) is 9.59 Å². The number of carbonyl (C=O) groups excluding carboxylic acids is 2. The van der Waals surface area contributed by atoms with Gasteiger partial charge in [-0.2, -0.15) is 0 Å². The molecule has 4 N–H and O–H groups in total. The van der Waals surface area contributed by atoms with Crippen molar-refractivity contribution in [2.45, 2.75) is 103 Å². The molecule has 1 fully saturated rings. The summed E-state index contributed by atoms with van der Waals surface area (Å²) in [7, 11) is 2.00. The monoisotopic (exact) mass is 666 g/mol. The zero-order valence-electron chi connectivity index (χ0n) is 29.0. The fourth-order valence-electron chi connectivity index (χ4n) is 6.50. The molecule has 264 valence electrons. The van der Waals surface area contributed by atoms with E-state index in [1.54, 1.807) is 35.2 Å². The highest BCUT2D eigenvalue weighted by Crippen LogP contribution is 2.29. The van der Waals surface area contributed by atoms with Gasteiger partial charge in [0.25, 0.3) is 5.91 Å². The number of nitrogens with one attached hydrogen (secondary N) is 2. The summed E-state index contributed by atoms with van der Waals surface area (Å²) in [5.74, 6) is -0.880. The number of carbonyl (C=O) groups is 3. The van der Waals surface area contributed by atoms with Gasteiger partial charge in [-0.15, -0.1) is 0 Å². The third kappa shape index (κ3) is 10.9. The van der Waals surface area contributed by atoms with Crippen LogP contribution in [0.5, 0.6) is 5.75 Å². The van der Waals surface area contributed by atoms with Gasteiger partial charge in [0, 0.05) is 43.9 Å². The van der Waals surface area contributed by atoms with E-state index in [0.717, 1.165) is 50.5 Å². The van der Waals surface area contributed by atoms with Crippen LogP contribution in [-0.2, 0) is 11.3 Å². The highest BCUT2D eigenvalue weighted by molar-refractivity contribution is 5.99. The molecule has 4 atom stereocenters. The van der Waals surface area contributed by atoms with Crippen molar-refractivity contribution >= 4 is 23.6 Å². The fraction of sp³-hybridized carbons (Fsp3) is 0.595. The Hall–Kier alpha value is -3.67. The Kier molecular flexibility index (Phi) is 14.1. The first-order valence-corrected chi connectivity index (χ1v) is 17.5. The summed E-state index contributed by atoms with van der Waals surface area (Å²) in [5, 5.41) is 25.5. The normalized spacial score (nSPS) is 22.2. The van der Waals surface area contributed by atoms with Crippen LogP contribution in [0.2, 0.25) is 0 Å². The lowest BCUT2D eigenvalue weighted by Crippen LogP contribution is -2.47. The van der Waals surface area contributed by atoms with Crippen molar-refractivity contribution in [1.29, 1.82) is 0 Å². The number of nitrogens with zero attached hydrogens (tertiary/aromatic N) is 2. The fourth-order valence-corrected chi connectivity index (χ4v) is 6.50. The van der Waals surface area contributed by atoms with Crippen LogP contribution < -0.4 is 15.4 Å². The molecular weight excluding hydrogens is 612 g/mol. The number of anilines is 1. The molecule has 4 rings (SSSR count). The van der Waals surface area contributed by atoms with Crippen LogP contribution in [0.15, 0.2) is 42.5 Å². The summed E-state index contributed by atoms with van der Waals surface area (Å²) in [6, 6.07) is 11.4. The zero-order chi connectivity index (χ0) is 34.6. The number of amides is 3. The van der Waals surface area contributed by atoms with E-state index in [4.69, 9.17) is 9.47 Å². The number of aromatic carboxylic acids is 1. The molecule has 11 heteroatoms. The van der Waals surface area contributed by atoms with Crippen LogP contribution in [0.4, 0.5) is 10.5 Å². The number of aliphatic hydroxyl groups excluding tert-OH is 1. The lowest BCUT2D eigenvalue weighted by Gasteiger charge is -2.36. The Balaban J connectivity index is 1.55. The molecule has 48 heavy (non-hydrogen) atoms. The number of hydrogen-bond donors (Lipinski definition) is 4.